The van der Waals surface area contributed by atoms with E-state index in [4.69, 9.17) is 0 Å². The molecule has 1 aromatic carbocycles. The highest BCUT2D eigenvalue weighted by molar-refractivity contribution is 7.08. The lowest BCUT2D eigenvalue weighted by molar-refractivity contribution is -0.137. The molecule has 1 fully saturated rings. The molecule has 1 saturated heterocycles. The van der Waals surface area contributed by atoms with Gasteiger partial charge in [-0.1, -0.05) is 30.3 Å². The predicted molar refractivity (Wildman–Crippen MR) is 94.4 cm³/mol. The molecule has 1 aliphatic heterocycles. The summed E-state index contributed by atoms with van der Waals surface area (Å²) in [7, 11) is 0. The Labute approximate surface area is 145 Å². The number of aliphatic carboxylic acids is 1. The van der Waals surface area contributed by atoms with E-state index >= 15 is 0 Å². The summed E-state index contributed by atoms with van der Waals surface area (Å²) in [4.78, 5) is 25.6. The molecule has 1 unspecified atom stereocenters. The van der Waals surface area contributed by atoms with Gasteiger partial charge in [0.25, 0.3) is 5.91 Å². The molecule has 0 bridgehead atoms. The van der Waals surface area contributed by atoms with Gasteiger partial charge in [-0.25, -0.2) is 0 Å². The van der Waals surface area contributed by atoms with Crippen LogP contribution in [0, 0.1) is 5.92 Å². The third kappa shape index (κ3) is 3.85. The van der Waals surface area contributed by atoms with E-state index in [0.717, 1.165) is 24.0 Å². The van der Waals surface area contributed by atoms with E-state index in [-0.39, 0.29) is 18.2 Å². The summed E-state index contributed by atoms with van der Waals surface area (Å²) < 4.78 is 0. The number of nitrogens with zero attached hydrogens (tertiary/aromatic N) is 1. The Kier molecular flexibility index (Phi) is 5.30. The average molecular weight is 343 g/mol. The van der Waals surface area contributed by atoms with Crippen LogP contribution in [0.5, 0.6) is 0 Å². The van der Waals surface area contributed by atoms with Crippen LogP contribution in [0.2, 0.25) is 0 Å². The Morgan fingerprint density at radius 1 is 1.17 bits per heavy atom. The van der Waals surface area contributed by atoms with E-state index in [1.807, 2.05) is 52.1 Å². The van der Waals surface area contributed by atoms with Crippen LogP contribution >= 0.6 is 11.3 Å². The van der Waals surface area contributed by atoms with Gasteiger partial charge in [0.15, 0.2) is 0 Å². The second-order valence-corrected chi connectivity index (χ2v) is 7.04. The number of thiophene rings is 1. The summed E-state index contributed by atoms with van der Waals surface area (Å²) in [6, 6.07) is 11.7. The van der Waals surface area contributed by atoms with Crippen molar-refractivity contribution < 1.29 is 14.7 Å². The van der Waals surface area contributed by atoms with E-state index in [9.17, 15) is 14.7 Å². The van der Waals surface area contributed by atoms with Crippen molar-refractivity contribution in [2.75, 3.05) is 13.1 Å². The Balaban J connectivity index is 1.67. The fourth-order valence-electron chi connectivity index (χ4n) is 3.52. The van der Waals surface area contributed by atoms with Crippen LogP contribution in [0.3, 0.4) is 0 Å². The number of carbonyl (C=O) groups is 2. The molecule has 4 nitrogen and oxygen atoms in total. The van der Waals surface area contributed by atoms with Gasteiger partial charge in [0, 0.05) is 18.5 Å². The average Bonchev–Trinajstić information content (AvgIpc) is 3.14. The van der Waals surface area contributed by atoms with Crippen molar-refractivity contribution in [1.82, 2.24) is 4.90 Å². The van der Waals surface area contributed by atoms with Crippen molar-refractivity contribution >= 4 is 23.2 Å². The number of hydrogen-bond acceptors (Lipinski definition) is 3. The minimum atomic E-state index is -0.763. The quantitative estimate of drug-likeness (QED) is 0.897. The second-order valence-electron chi connectivity index (χ2n) is 6.26. The molecule has 126 valence electrons. The Hall–Kier alpha value is -2.14. The highest BCUT2D eigenvalue weighted by Crippen LogP contribution is 2.35. The molecule has 1 aromatic heterocycles. The fraction of sp³-hybridized carbons (Fsp3) is 0.368. The molecule has 1 aliphatic rings. The van der Waals surface area contributed by atoms with E-state index < -0.39 is 5.97 Å². The standard InChI is InChI=1S/C19H21NO3S/c21-18(22)12-17(14-4-2-1-3-5-14)15-6-9-20(10-7-15)19(23)16-8-11-24-13-16/h1-5,8,11,13,15,17H,6-7,9-10,12H2,(H,21,22). The zero-order valence-corrected chi connectivity index (χ0v) is 14.2. The molecule has 0 aliphatic carbocycles. The summed E-state index contributed by atoms with van der Waals surface area (Å²) in [5.41, 5.74) is 1.84. The van der Waals surface area contributed by atoms with Crippen molar-refractivity contribution in [2.45, 2.75) is 25.2 Å². The maximum Gasteiger partial charge on any atom is 0.303 e. The lowest BCUT2D eigenvalue weighted by Crippen LogP contribution is -2.39. The van der Waals surface area contributed by atoms with Gasteiger partial charge in [-0.2, -0.15) is 11.3 Å². The van der Waals surface area contributed by atoms with Crippen molar-refractivity contribution in [3.8, 4) is 0 Å². The number of rotatable bonds is 5. The van der Waals surface area contributed by atoms with Gasteiger partial charge in [0.05, 0.1) is 12.0 Å². The zero-order valence-electron chi connectivity index (χ0n) is 13.4. The molecule has 1 amide bonds. The Morgan fingerprint density at radius 2 is 1.88 bits per heavy atom. The van der Waals surface area contributed by atoms with Crippen molar-refractivity contribution in [2.24, 2.45) is 5.92 Å². The van der Waals surface area contributed by atoms with E-state index in [1.54, 1.807) is 0 Å². The van der Waals surface area contributed by atoms with Gasteiger partial charge < -0.3 is 10.0 Å². The number of amides is 1. The van der Waals surface area contributed by atoms with Crippen LogP contribution in [-0.4, -0.2) is 35.0 Å². The first-order chi connectivity index (χ1) is 11.6. The third-order valence-electron chi connectivity index (χ3n) is 4.79. The van der Waals surface area contributed by atoms with E-state index in [1.165, 1.54) is 11.3 Å². The lowest BCUT2D eigenvalue weighted by Gasteiger charge is -2.36. The molecule has 1 atom stereocenters. The molecule has 2 aromatic rings. The highest BCUT2D eigenvalue weighted by atomic mass is 32.1. The van der Waals surface area contributed by atoms with Crippen LogP contribution in [0.25, 0.3) is 0 Å². The zero-order chi connectivity index (χ0) is 16.9. The first-order valence-electron chi connectivity index (χ1n) is 8.23. The first kappa shape index (κ1) is 16.7. The van der Waals surface area contributed by atoms with Crippen molar-refractivity contribution in [3.05, 3.63) is 58.3 Å². The number of carboxylic acids is 1. The molecule has 24 heavy (non-hydrogen) atoms. The molecule has 2 heterocycles. The van der Waals surface area contributed by atoms with Crippen molar-refractivity contribution in [3.63, 3.8) is 0 Å². The van der Waals surface area contributed by atoms with Crippen molar-refractivity contribution in [1.29, 1.82) is 0 Å². The maximum atomic E-state index is 12.4. The number of likely N-dealkylation sites (tertiary alicyclic amines) is 1. The minimum absolute atomic E-state index is 0.0158. The predicted octanol–water partition coefficient (Wildman–Crippen LogP) is 3.86. The van der Waals surface area contributed by atoms with E-state index in [2.05, 4.69) is 0 Å². The summed E-state index contributed by atoms with van der Waals surface area (Å²) in [6.45, 7) is 1.39. The molecule has 0 spiro atoms. The molecule has 0 radical (unpaired) electrons. The smallest absolute Gasteiger partial charge is 0.303 e. The van der Waals surface area contributed by atoms with E-state index in [0.29, 0.717) is 19.0 Å². The van der Waals surface area contributed by atoms with Crippen LogP contribution in [-0.2, 0) is 4.79 Å². The number of benzene rings is 1. The Morgan fingerprint density at radius 3 is 2.46 bits per heavy atom. The SMILES string of the molecule is O=C(O)CC(c1ccccc1)C1CCN(C(=O)c2ccsc2)CC1. The van der Waals surface area contributed by atoms with Crippen LogP contribution < -0.4 is 0 Å². The van der Waals surface area contributed by atoms with Gasteiger partial charge in [-0.15, -0.1) is 0 Å². The van der Waals surface area contributed by atoms with Crippen LogP contribution in [0.1, 0.15) is 41.1 Å². The van der Waals surface area contributed by atoms with Crippen LogP contribution in [0.15, 0.2) is 47.2 Å². The normalized spacial score (nSPS) is 16.8. The van der Waals surface area contributed by atoms with Gasteiger partial charge in [-0.05, 0) is 41.7 Å². The summed E-state index contributed by atoms with van der Waals surface area (Å²) in [6.07, 6.45) is 1.85. The third-order valence-corrected chi connectivity index (χ3v) is 5.47. The number of hydrogen-bond donors (Lipinski definition) is 1. The molecule has 1 N–H and O–H groups in total. The summed E-state index contributed by atoms with van der Waals surface area (Å²) in [5.74, 6) is -0.359. The molecular formula is C19H21NO3S. The van der Waals surface area contributed by atoms with Gasteiger partial charge in [-0.3, -0.25) is 9.59 Å². The molecule has 0 saturated carbocycles. The molecule has 5 heteroatoms. The lowest BCUT2D eigenvalue weighted by atomic mass is 9.78. The van der Waals surface area contributed by atoms with Crippen LogP contribution in [0.4, 0.5) is 0 Å². The Bertz CT molecular complexity index is 676. The highest BCUT2D eigenvalue weighted by Gasteiger charge is 2.31. The molecular weight excluding hydrogens is 322 g/mol. The largest absolute Gasteiger partial charge is 0.481 e. The van der Waals surface area contributed by atoms with Gasteiger partial charge in [0.2, 0.25) is 0 Å². The number of carbonyl (C=O) groups excluding carboxylic acids is 1. The first-order valence-corrected chi connectivity index (χ1v) is 9.17. The number of piperidine rings is 1. The summed E-state index contributed by atoms with van der Waals surface area (Å²) in [5, 5.41) is 13.1. The summed E-state index contributed by atoms with van der Waals surface area (Å²) >= 11 is 1.53. The van der Waals surface area contributed by atoms with Gasteiger partial charge >= 0.3 is 5.97 Å². The fourth-order valence-corrected chi connectivity index (χ4v) is 4.15. The topological polar surface area (TPSA) is 57.6 Å². The number of carboxylic acid groups (broad SMARTS) is 1. The molecule has 3 rings (SSSR count). The maximum absolute atomic E-state index is 12.4. The monoisotopic (exact) mass is 343 g/mol. The second kappa shape index (κ2) is 7.62. The minimum Gasteiger partial charge on any atom is -0.481 e. The van der Waals surface area contributed by atoms with Gasteiger partial charge in [0.1, 0.15) is 0 Å².